The van der Waals surface area contributed by atoms with Crippen LogP contribution in [0.1, 0.15) is 27.9 Å². The third-order valence-corrected chi connectivity index (χ3v) is 2.91. The van der Waals surface area contributed by atoms with E-state index in [2.05, 4.69) is 13.0 Å². The molecule has 0 N–H and O–H groups in total. The van der Waals surface area contributed by atoms with Crippen LogP contribution in [0, 0.1) is 6.92 Å². The molecule has 2 nitrogen and oxygen atoms in total. The van der Waals surface area contributed by atoms with Gasteiger partial charge in [0.05, 0.1) is 0 Å². The molecule has 0 bridgehead atoms. The minimum Gasteiger partial charge on any atom is -0.342 e. The van der Waals surface area contributed by atoms with Crippen LogP contribution in [-0.4, -0.2) is 24.4 Å². The average Bonchev–Trinajstić information content (AvgIpc) is 2.31. The highest BCUT2D eigenvalue weighted by atomic mass is 16.2. The first kappa shape index (κ1) is 9.25. The van der Waals surface area contributed by atoms with E-state index >= 15 is 0 Å². The Morgan fingerprint density at radius 1 is 1.36 bits per heavy atom. The summed E-state index contributed by atoms with van der Waals surface area (Å²) in [4.78, 5) is 13.7. The van der Waals surface area contributed by atoms with Crippen molar-refractivity contribution in [2.45, 2.75) is 19.8 Å². The van der Waals surface area contributed by atoms with Crippen LogP contribution in [0.3, 0.4) is 0 Å². The number of amides is 1. The molecule has 74 valence electrons. The summed E-state index contributed by atoms with van der Waals surface area (Å²) in [6, 6.07) is 5.98. The Morgan fingerprint density at radius 3 is 2.93 bits per heavy atom. The molecule has 0 atom stereocenters. The standard InChI is InChI=1S/C12H15NO/c1-9-5-3-6-11-10(9)7-4-8-13(2)12(11)14/h3,5-6H,4,7-8H2,1-2H3. The molecule has 1 amide bonds. The second-order valence-corrected chi connectivity index (χ2v) is 3.93. The lowest BCUT2D eigenvalue weighted by Crippen LogP contribution is -2.26. The van der Waals surface area contributed by atoms with Gasteiger partial charge in [0, 0.05) is 19.2 Å². The van der Waals surface area contributed by atoms with Crippen molar-refractivity contribution in [2.75, 3.05) is 13.6 Å². The van der Waals surface area contributed by atoms with Crippen molar-refractivity contribution in [3.8, 4) is 0 Å². The van der Waals surface area contributed by atoms with E-state index in [1.54, 1.807) is 0 Å². The van der Waals surface area contributed by atoms with Crippen LogP contribution in [0.4, 0.5) is 0 Å². The minimum atomic E-state index is 0.168. The summed E-state index contributed by atoms with van der Waals surface area (Å²) in [6.07, 6.45) is 2.10. The average molecular weight is 189 g/mol. The number of aryl methyl sites for hydroxylation is 1. The fourth-order valence-electron chi connectivity index (χ4n) is 2.03. The highest BCUT2D eigenvalue weighted by Crippen LogP contribution is 2.20. The number of carbonyl (C=O) groups is 1. The SMILES string of the molecule is Cc1cccc2c1CCCN(C)C2=O. The third-order valence-electron chi connectivity index (χ3n) is 2.91. The van der Waals surface area contributed by atoms with E-state index in [-0.39, 0.29) is 5.91 Å². The molecular weight excluding hydrogens is 174 g/mol. The third kappa shape index (κ3) is 1.41. The molecule has 2 rings (SSSR count). The van der Waals surface area contributed by atoms with Gasteiger partial charge in [0.25, 0.3) is 5.91 Å². The van der Waals surface area contributed by atoms with Gasteiger partial charge in [-0.15, -0.1) is 0 Å². The molecule has 0 radical (unpaired) electrons. The second kappa shape index (κ2) is 3.45. The summed E-state index contributed by atoms with van der Waals surface area (Å²) in [5, 5.41) is 0. The summed E-state index contributed by atoms with van der Waals surface area (Å²) in [5.41, 5.74) is 3.37. The van der Waals surface area contributed by atoms with Crippen LogP contribution in [0.25, 0.3) is 0 Å². The number of carbonyl (C=O) groups excluding carboxylic acids is 1. The number of fused-ring (bicyclic) bond motifs is 1. The van der Waals surface area contributed by atoms with E-state index in [4.69, 9.17) is 0 Å². The molecule has 1 aliphatic heterocycles. The number of nitrogens with zero attached hydrogens (tertiary/aromatic N) is 1. The molecule has 1 aromatic rings. The molecule has 0 unspecified atom stereocenters. The molecule has 1 aliphatic rings. The van der Waals surface area contributed by atoms with E-state index in [9.17, 15) is 4.79 Å². The zero-order valence-corrected chi connectivity index (χ0v) is 8.71. The van der Waals surface area contributed by atoms with E-state index in [1.165, 1.54) is 11.1 Å². The number of rotatable bonds is 0. The van der Waals surface area contributed by atoms with Crippen LogP contribution in [0.5, 0.6) is 0 Å². The van der Waals surface area contributed by atoms with Gasteiger partial charge in [0.1, 0.15) is 0 Å². The van der Waals surface area contributed by atoms with Crippen LogP contribution in [-0.2, 0) is 6.42 Å². The van der Waals surface area contributed by atoms with Gasteiger partial charge in [-0.05, 0) is 37.0 Å². The monoisotopic (exact) mass is 189 g/mol. The molecular formula is C12H15NO. The van der Waals surface area contributed by atoms with Crippen molar-refractivity contribution in [1.29, 1.82) is 0 Å². The molecule has 1 heterocycles. The Balaban J connectivity index is 2.53. The van der Waals surface area contributed by atoms with Gasteiger partial charge in [-0.3, -0.25) is 4.79 Å². The molecule has 0 aliphatic carbocycles. The highest BCUT2D eigenvalue weighted by molar-refractivity contribution is 5.96. The maximum atomic E-state index is 11.9. The molecule has 0 aromatic heterocycles. The van der Waals surface area contributed by atoms with Gasteiger partial charge >= 0.3 is 0 Å². The van der Waals surface area contributed by atoms with Crippen LogP contribution in [0.15, 0.2) is 18.2 Å². The summed E-state index contributed by atoms with van der Waals surface area (Å²) in [5.74, 6) is 0.168. The first-order valence-electron chi connectivity index (χ1n) is 5.04. The van der Waals surface area contributed by atoms with Gasteiger partial charge in [0.15, 0.2) is 0 Å². The minimum absolute atomic E-state index is 0.168. The zero-order chi connectivity index (χ0) is 10.1. The molecule has 0 fully saturated rings. The normalized spacial score (nSPS) is 16.4. The Bertz CT molecular complexity index is 371. The van der Waals surface area contributed by atoms with E-state index in [0.717, 1.165) is 24.9 Å². The Morgan fingerprint density at radius 2 is 2.14 bits per heavy atom. The van der Waals surface area contributed by atoms with Crippen molar-refractivity contribution in [3.05, 3.63) is 34.9 Å². The molecule has 14 heavy (non-hydrogen) atoms. The van der Waals surface area contributed by atoms with Crippen molar-refractivity contribution in [1.82, 2.24) is 4.90 Å². The van der Waals surface area contributed by atoms with Crippen molar-refractivity contribution >= 4 is 5.91 Å². The quantitative estimate of drug-likeness (QED) is 0.611. The summed E-state index contributed by atoms with van der Waals surface area (Å²) in [6.45, 7) is 2.95. The van der Waals surface area contributed by atoms with Gasteiger partial charge in [-0.25, -0.2) is 0 Å². The predicted octanol–water partition coefficient (Wildman–Crippen LogP) is 2.01. The lowest BCUT2D eigenvalue weighted by Gasteiger charge is -2.14. The van der Waals surface area contributed by atoms with Crippen LogP contribution in [0.2, 0.25) is 0 Å². The molecule has 1 aromatic carbocycles. The fraction of sp³-hybridized carbons (Fsp3) is 0.417. The number of hydrogen-bond acceptors (Lipinski definition) is 1. The van der Waals surface area contributed by atoms with E-state index in [1.807, 2.05) is 24.1 Å². The summed E-state index contributed by atoms with van der Waals surface area (Å²) < 4.78 is 0. The summed E-state index contributed by atoms with van der Waals surface area (Å²) in [7, 11) is 1.87. The maximum absolute atomic E-state index is 11.9. The van der Waals surface area contributed by atoms with Crippen LogP contribution < -0.4 is 0 Å². The molecule has 0 spiro atoms. The van der Waals surface area contributed by atoms with E-state index < -0.39 is 0 Å². The Kier molecular flexibility index (Phi) is 2.28. The summed E-state index contributed by atoms with van der Waals surface area (Å²) >= 11 is 0. The molecule has 0 saturated carbocycles. The van der Waals surface area contributed by atoms with Gasteiger partial charge < -0.3 is 4.90 Å². The van der Waals surface area contributed by atoms with Crippen molar-refractivity contribution < 1.29 is 4.79 Å². The maximum Gasteiger partial charge on any atom is 0.253 e. The highest BCUT2D eigenvalue weighted by Gasteiger charge is 2.19. The second-order valence-electron chi connectivity index (χ2n) is 3.93. The van der Waals surface area contributed by atoms with Gasteiger partial charge in [0.2, 0.25) is 0 Å². The lowest BCUT2D eigenvalue weighted by atomic mass is 9.98. The number of hydrogen-bond donors (Lipinski definition) is 0. The predicted molar refractivity (Wildman–Crippen MR) is 56.5 cm³/mol. The zero-order valence-electron chi connectivity index (χ0n) is 8.71. The first-order valence-corrected chi connectivity index (χ1v) is 5.04. The Labute approximate surface area is 84.5 Å². The lowest BCUT2D eigenvalue weighted by molar-refractivity contribution is 0.0800. The first-order chi connectivity index (χ1) is 6.70. The van der Waals surface area contributed by atoms with E-state index in [0.29, 0.717) is 0 Å². The smallest absolute Gasteiger partial charge is 0.253 e. The fourth-order valence-corrected chi connectivity index (χ4v) is 2.03. The largest absolute Gasteiger partial charge is 0.342 e. The Hall–Kier alpha value is -1.31. The van der Waals surface area contributed by atoms with Crippen LogP contribution >= 0.6 is 0 Å². The molecule has 2 heteroatoms. The van der Waals surface area contributed by atoms with Crippen molar-refractivity contribution in [2.24, 2.45) is 0 Å². The molecule has 0 saturated heterocycles. The van der Waals surface area contributed by atoms with Crippen molar-refractivity contribution in [3.63, 3.8) is 0 Å². The topological polar surface area (TPSA) is 20.3 Å². The van der Waals surface area contributed by atoms with Gasteiger partial charge in [-0.1, -0.05) is 12.1 Å². The number of benzene rings is 1. The van der Waals surface area contributed by atoms with Gasteiger partial charge in [-0.2, -0.15) is 0 Å².